The van der Waals surface area contributed by atoms with Gasteiger partial charge in [0.25, 0.3) is 0 Å². The number of hydrogen-bond donors (Lipinski definition) is 1. The van der Waals surface area contributed by atoms with Gasteiger partial charge in [0.05, 0.1) is 18.7 Å². The molecule has 134 valence electrons. The molecule has 0 bridgehead atoms. The zero-order chi connectivity index (χ0) is 16.9. The Bertz CT molecular complexity index is 373. The molecule has 1 amide bonds. The Balaban J connectivity index is 1.89. The van der Waals surface area contributed by atoms with Crippen molar-refractivity contribution in [3.63, 3.8) is 0 Å². The van der Waals surface area contributed by atoms with Crippen LogP contribution in [-0.2, 0) is 9.47 Å². The summed E-state index contributed by atoms with van der Waals surface area (Å²) in [5, 5.41) is 3.76. The van der Waals surface area contributed by atoms with E-state index in [4.69, 9.17) is 9.47 Å². The summed E-state index contributed by atoms with van der Waals surface area (Å²) in [5.74, 6) is 0. The van der Waals surface area contributed by atoms with Crippen LogP contribution in [0.25, 0.3) is 0 Å². The lowest BCUT2D eigenvalue weighted by atomic mass is 9.96. The normalized spacial score (nSPS) is 27.6. The quantitative estimate of drug-likeness (QED) is 0.864. The number of methoxy groups -OCH3 is 1. The number of hydrogen-bond acceptors (Lipinski definition) is 4. The maximum Gasteiger partial charge on any atom is 0.410 e. The molecule has 0 radical (unpaired) electrons. The molecule has 2 rings (SSSR count). The number of rotatable bonds is 3. The molecule has 2 aliphatic rings. The van der Waals surface area contributed by atoms with Gasteiger partial charge in [-0.1, -0.05) is 32.1 Å². The molecular weight excluding hydrogens is 292 g/mol. The van der Waals surface area contributed by atoms with Crippen molar-refractivity contribution in [2.24, 2.45) is 0 Å². The van der Waals surface area contributed by atoms with Crippen molar-refractivity contribution >= 4 is 6.09 Å². The predicted octanol–water partition coefficient (Wildman–Crippen LogP) is 3.32. The van der Waals surface area contributed by atoms with Gasteiger partial charge in [-0.25, -0.2) is 4.79 Å². The van der Waals surface area contributed by atoms with E-state index in [-0.39, 0.29) is 18.2 Å². The van der Waals surface area contributed by atoms with Crippen molar-refractivity contribution in [1.29, 1.82) is 0 Å². The molecule has 5 heteroatoms. The van der Waals surface area contributed by atoms with Gasteiger partial charge in [0.2, 0.25) is 0 Å². The first-order valence-corrected chi connectivity index (χ1v) is 9.16. The lowest BCUT2D eigenvalue weighted by Gasteiger charge is -2.27. The second-order valence-electron chi connectivity index (χ2n) is 7.97. The third-order valence-corrected chi connectivity index (χ3v) is 4.78. The number of nitrogens with one attached hydrogen (secondary N) is 1. The Kier molecular flexibility index (Phi) is 6.72. The van der Waals surface area contributed by atoms with Crippen LogP contribution in [-0.4, -0.2) is 55.0 Å². The van der Waals surface area contributed by atoms with Crippen molar-refractivity contribution in [2.45, 2.75) is 89.5 Å². The third-order valence-electron chi connectivity index (χ3n) is 4.78. The van der Waals surface area contributed by atoms with Gasteiger partial charge in [-0.3, -0.25) is 0 Å². The SMILES string of the molecule is CO[C@H]1CN(C(=O)OC(C)(C)C)CC1NC1CCCCCCC1. The molecule has 1 unspecified atom stereocenters. The summed E-state index contributed by atoms with van der Waals surface area (Å²) in [7, 11) is 1.73. The molecule has 1 aliphatic heterocycles. The molecule has 1 saturated carbocycles. The van der Waals surface area contributed by atoms with Crippen LogP contribution in [0.1, 0.15) is 65.7 Å². The number of ether oxygens (including phenoxy) is 2. The molecule has 0 aromatic carbocycles. The van der Waals surface area contributed by atoms with Gasteiger partial charge in [0, 0.05) is 19.7 Å². The Hall–Kier alpha value is -0.810. The average molecular weight is 326 g/mol. The van der Waals surface area contributed by atoms with Gasteiger partial charge in [0.1, 0.15) is 5.60 Å². The minimum atomic E-state index is -0.454. The van der Waals surface area contributed by atoms with E-state index in [2.05, 4.69) is 5.32 Å². The zero-order valence-electron chi connectivity index (χ0n) is 15.3. The first-order valence-electron chi connectivity index (χ1n) is 9.16. The molecule has 1 saturated heterocycles. The van der Waals surface area contributed by atoms with Crippen molar-refractivity contribution in [1.82, 2.24) is 10.2 Å². The number of amides is 1. The van der Waals surface area contributed by atoms with Crippen LogP contribution in [0.15, 0.2) is 0 Å². The van der Waals surface area contributed by atoms with E-state index in [0.29, 0.717) is 19.1 Å². The Morgan fingerprint density at radius 1 is 1.04 bits per heavy atom. The van der Waals surface area contributed by atoms with Crippen LogP contribution >= 0.6 is 0 Å². The predicted molar refractivity (Wildman–Crippen MR) is 91.6 cm³/mol. The van der Waals surface area contributed by atoms with Crippen LogP contribution in [0.2, 0.25) is 0 Å². The van der Waals surface area contributed by atoms with E-state index >= 15 is 0 Å². The molecule has 0 aromatic heterocycles. The van der Waals surface area contributed by atoms with Crippen molar-refractivity contribution < 1.29 is 14.3 Å². The highest BCUT2D eigenvalue weighted by Gasteiger charge is 2.38. The van der Waals surface area contributed by atoms with Gasteiger partial charge in [0.15, 0.2) is 0 Å². The van der Waals surface area contributed by atoms with Crippen LogP contribution in [0.5, 0.6) is 0 Å². The van der Waals surface area contributed by atoms with E-state index in [1.54, 1.807) is 12.0 Å². The highest BCUT2D eigenvalue weighted by atomic mass is 16.6. The van der Waals surface area contributed by atoms with Crippen LogP contribution in [0.3, 0.4) is 0 Å². The second kappa shape index (κ2) is 8.34. The highest BCUT2D eigenvalue weighted by Crippen LogP contribution is 2.21. The summed E-state index contributed by atoms with van der Waals surface area (Å²) in [6, 6.07) is 0.758. The summed E-state index contributed by atoms with van der Waals surface area (Å²) in [5.41, 5.74) is -0.454. The fourth-order valence-corrected chi connectivity index (χ4v) is 3.57. The van der Waals surface area contributed by atoms with Gasteiger partial charge in [-0.15, -0.1) is 0 Å². The highest BCUT2D eigenvalue weighted by molar-refractivity contribution is 5.68. The molecule has 1 N–H and O–H groups in total. The second-order valence-corrected chi connectivity index (χ2v) is 7.97. The number of carbonyl (C=O) groups is 1. The topological polar surface area (TPSA) is 50.8 Å². The van der Waals surface area contributed by atoms with Crippen LogP contribution < -0.4 is 5.32 Å². The van der Waals surface area contributed by atoms with Crippen molar-refractivity contribution in [3.8, 4) is 0 Å². The van der Waals surface area contributed by atoms with Crippen LogP contribution in [0.4, 0.5) is 4.79 Å². The minimum Gasteiger partial charge on any atom is -0.444 e. The summed E-state index contributed by atoms with van der Waals surface area (Å²) < 4.78 is 11.1. The lowest BCUT2D eigenvalue weighted by Crippen LogP contribution is -2.46. The number of nitrogens with zero attached hydrogens (tertiary/aromatic N) is 1. The van der Waals surface area contributed by atoms with Crippen molar-refractivity contribution in [2.75, 3.05) is 20.2 Å². The summed E-state index contributed by atoms with van der Waals surface area (Å²) >= 11 is 0. The van der Waals surface area contributed by atoms with Gasteiger partial charge in [-0.2, -0.15) is 0 Å². The molecule has 1 heterocycles. The molecule has 23 heavy (non-hydrogen) atoms. The van der Waals surface area contributed by atoms with Gasteiger partial charge >= 0.3 is 6.09 Å². The molecule has 1 aliphatic carbocycles. The Morgan fingerprint density at radius 2 is 1.65 bits per heavy atom. The van der Waals surface area contributed by atoms with Crippen LogP contribution in [0, 0.1) is 0 Å². The first-order chi connectivity index (χ1) is 10.9. The van der Waals surface area contributed by atoms with E-state index < -0.39 is 5.60 Å². The smallest absolute Gasteiger partial charge is 0.410 e. The standard InChI is InChI=1S/C18H34N2O3/c1-18(2,3)23-17(21)20-12-15(16(13-20)22-4)19-14-10-8-6-5-7-9-11-14/h14-16,19H,5-13H2,1-4H3/t15?,16-/m0/s1. The van der Waals surface area contributed by atoms with Crippen molar-refractivity contribution in [3.05, 3.63) is 0 Å². The largest absolute Gasteiger partial charge is 0.444 e. The van der Waals surface area contributed by atoms with E-state index in [1.165, 1.54) is 44.9 Å². The molecule has 2 fully saturated rings. The maximum atomic E-state index is 12.3. The summed E-state index contributed by atoms with van der Waals surface area (Å²) in [6.07, 6.45) is 8.97. The minimum absolute atomic E-state index is 0.0490. The molecule has 0 spiro atoms. The monoisotopic (exact) mass is 326 g/mol. The van der Waals surface area contributed by atoms with Gasteiger partial charge in [-0.05, 0) is 33.6 Å². The fourth-order valence-electron chi connectivity index (χ4n) is 3.57. The van der Waals surface area contributed by atoms with Gasteiger partial charge < -0.3 is 19.7 Å². The Labute approximate surface area is 141 Å². The third kappa shape index (κ3) is 5.96. The first kappa shape index (κ1) is 18.5. The molecule has 0 aromatic rings. The summed E-state index contributed by atoms with van der Waals surface area (Å²) in [6.45, 7) is 6.98. The fraction of sp³-hybridized carbons (Fsp3) is 0.944. The Morgan fingerprint density at radius 3 is 2.22 bits per heavy atom. The van der Waals surface area contributed by atoms with E-state index in [1.807, 2.05) is 20.8 Å². The lowest BCUT2D eigenvalue weighted by molar-refractivity contribution is 0.0252. The number of likely N-dealkylation sites (tertiary alicyclic amines) is 1. The van der Waals surface area contributed by atoms with E-state index in [0.717, 1.165) is 0 Å². The zero-order valence-corrected chi connectivity index (χ0v) is 15.3. The maximum absolute atomic E-state index is 12.3. The van der Waals surface area contributed by atoms with E-state index in [9.17, 15) is 4.79 Å². The molecule has 2 atom stereocenters. The average Bonchev–Trinajstić information content (AvgIpc) is 2.83. The number of carbonyl (C=O) groups excluding carboxylic acids is 1. The molecule has 5 nitrogen and oxygen atoms in total. The molecular formula is C18H34N2O3. The summed E-state index contributed by atoms with van der Waals surface area (Å²) in [4.78, 5) is 14.1.